The molecule has 10 rings (SSSR count). The van der Waals surface area contributed by atoms with Crippen molar-refractivity contribution in [3.05, 3.63) is 149 Å². The van der Waals surface area contributed by atoms with Gasteiger partial charge in [-0.2, -0.15) is 0 Å². The maximum atomic E-state index is 5.38. The summed E-state index contributed by atoms with van der Waals surface area (Å²) >= 11 is 0. The van der Waals surface area contributed by atoms with Crippen LogP contribution in [0.25, 0.3) is 82.1 Å². The minimum atomic E-state index is -0.123. The fraction of sp³-hybridized carbons (Fsp3) is 0.0698. The number of nitrogens with zero attached hydrogens (tertiary/aromatic N) is 2. The van der Waals surface area contributed by atoms with E-state index in [9.17, 15) is 0 Å². The highest BCUT2D eigenvalue weighted by atomic mass is 14.8. The normalized spacial score (nSPS) is 15.5. The molecule has 0 bridgehead atoms. The number of benzene rings is 6. The monoisotopic (exact) mass is 572 g/mol. The molecule has 0 saturated heterocycles. The molecule has 0 unspecified atom stereocenters. The summed E-state index contributed by atoms with van der Waals surface area (Å²) in [6, 6.07) is 39.7. The lowest BCUT2D eigenvalue weighted by molar-refractivity contribution is 0.645. The van der Waals surface area contributed by atoms with Gasteiger partial charge in [0.15, 0.2) is 0 Å². The van der Waals surface area contributed by atoms with Gasteiger partial charge in [-0.3, -0.25) is 4.98 Å². The molecule has 2 heterocycles. The van der Waals surface area contributed by atoms with Crippen LogP contribution in [0.4, 0.5) is 0 Å². The van der Waals surface area contributed by atoms with Crippen molar-refractivity contribution in [1.82, 2.24) is 9.97 Å². The van der Waals surface area contributed by atoms with Gasteiger partial charge in [-0.15, -0.1) is 0 Å². The SMILES string of the molecule is CC1(C)C=CC(c2ccc3c4ccccc4c4cccnc4c3n2)=C2C=c3cc4c5ccccc5c5ccccc5c4cc3=C21. The van der Waals surface area contributed by atoms with Gasteiger partial charge in [0.1, 0.15) is 0 Å². The molecule has 0 fully saturated rings. The number of hydrogen-bond acceptors (Lipinski definition) is 2. The third kappa shape index (κ3) is 3.34. The van der Waals surface area contributed by atoms with Crippen molar-refractivity contribution in [2.24, 2.45) is 5.41 Å². The van der Waals surface area contributed by atoms with Gasteiger partial charge in [-0.25, -0.2) is 4.98 Å². The number of aromatic nitrogens is 2. The molecular formula is C43H28N2. The van der Waals surface area contributed by atoms with Gasteiger partial charge in [-0.05, 0) is 101 Å². The number of allylic oxidation sites excluding steroid dienone is 4. The van der Waals surface area contributed by atoms with Crippen LogP contribution in [0.2, 0.25) is 0 Å². The Kier molecular flexibility index (Phi) is 4.82. The van der Waals surface area contributed by atoms with Crippen molar-refractivity contribution in [1.29, 1.82) is 0 Å². The van der Waals surface area contributed by atoms with Gasteiger partial charge in [-0.1, -0.05) is 105 Å². The first-order chi connectivity index (χ1) is 22.1. The molecule has 0 radical (unpaired) electrons. The maximum Gasteiger partial charge on any atom is 0.0978 e. The van der Waals surface area contributed by atoms with Crippen LogP contribution < -0.4 is 10.4 Å². The van der Waals surface area contributed by atoms with Crippen molar-refractivity contribution in [2.45, 2.75) is 13.8 Å². The van der Waals surface area contributed by atoms with Gasteiger partial charge >= 0.3 is 0 Å². The first-order valence-electron chi connectivity index (χ1n) is 15.7. The zero-order chi connectivity index (χ0) is 29.9. The second-order valence-electron chi connectivity index (χ2n) is 13.0. The van der Waals surface area contributed by atoms with Gasteiger partial charge in [0.25, 0.3) is 0 Å². The molecule has 0 atom stereocenters. The standard InChI is InChI=1S/C43H28N2/c1-43(2)20-19-32(39-18-17-34-29-13-6-5-12-28(29)33-16-9-21-44-41(33)42(34)45-39)38-23-25-22-36-30-14-7-3-10-26(30)27-11-4-8-15-31(27)37(36)24-35(25)40(38)43/h3-24H,1-2H3. The Balaban J connectivity index is 1.30. The molecule has 45 heavy (non-hydrogen) atoms. The molecule has 0 N–H and O–H groups in total. The largest absolute Gasteiger partial charge is 0.254 e. The average Bonchev–Trinajstić information content (AvgIpc) is 3.47. The molecule has 0 spiro atoms. The summed E-state index contributed by atoms with van der Waals surface area (Å²) in [4.78, 5) is 10.2. The molecule has 2 heteroatoms. The highest BCUT2D eigenvalue weighted by Gasteiger charge is 2.32. The summed E-state index contributed by atoms with van der Waals surface area (Å²) in [5.74, 6) is 0. The van der Waals surface area contributed by atoms with E-state index < -0.39 is 0 Å². The first kappa shape index (κ1) is 24.8. The van der Waals surface area contributed by atoms with Crippen molar-refractivity contribution >= 4 is 82.1 Å². The van der Waals surface area contributed by atoms with E-state index in [1.807, 2.05) is 12.3 Å². The highest BCUT2D eigenvalue weighted by Crippen LogP contribution is 2.45. The van der Waals surface area contributed by atoms with Crippen LogP contribution in [-0.2, 0) is 0 Å². The summed E-state index contributed by atoms with van der Waals surface area (Å²) < 4.78 is 0. The van der Waals surface area contributed by atoms with Gasteiger partial charge < -0.3 is 0 Å². The summed E-state index contributed by atoms with van der Waals surface area (Å²) in [5, 5.41) is 15.1. The Bertz CT molecular complexity index is 2800. The summed E-state index contributed by atoms with van der Waals surface area (Å²) in [5.41, 5.74) is 6.57. The average molecular weight is 573 g/mol. The summed E-state index contributed by atoms with van der Waals surface area (Å²) in [7, 11) is 0. The minimum Gasteiger partial charge on any atom is -0.254 e. The Morgan fingerprint density at radius 1 is 0.511 bits per heavy atom. The molecule has 0 saturated carbocycles. The predicted octanol–water partition coefficient (Wildman–Crippen LogP) is 9.39. The van der Waals surface area contributed by atoms with Gasteiger partial charge in [0.05, 0.1) is 16.7 Å². The zero-order valence-corrected chi connectivity index (χ0v) is 25.1. The fourth-order valence-electron chi connectivity index (χ4n) is 8.04. The van der Waals surface area contributed by atoms with E-state index in [4.69, 9.17) is 9.97 Å². The molecule has 8 aromatic rings. The molecule has 2 aromatic heterocycles. The molecule has 0 aliphatic heterocycles. The Morgan fingerprint density at radius 3 is 1.73 bits per heavy atom. The van der Waals surface area contributed by atoms with Gasteiger partial charge in [0, 0.05) is 28.0 Å². The molecule has 0 amide bonds. The number of hydrogen-bond donors (Lipinski definition) is 0. The van der Waals surface area contributed by atoms with Gasteiger partial charge in [0.2, 0.25) is 0 Å². The summed E-state index contributed by atoms with van der Waals surface area (Å²) in [6.45, 7) is 4.66. The Hall–Kier alpha value is -5.60. The molecular weight excluding hydrogens is 544 g/mol. The lowest BCUT2D eigenvalue weighted by Crippen LogP contribution is -2.28. The second kappa shape index (κ2) is 8.74. The molecule has 6 aromatic carbocycles. The molecule has 2 nitrogen and oxygen atoms in total. The fourth-order valence-corrected chi connectivity index (χ4v) is 8.04. The topological polar surface area (TPSA) is 25.8 Å². The Labute approximate surface area is 260 Å². The quantitative estimate of drug-likeness (QED) is 0.183. The van der Waals surface area contributed by atoms with Crippen LogP contribution in [0.3, 0.4) is 0 Å². The van der Waals surface area contributed by atoms with Crippen LogP contribution in [0.15, 0.2) is 133 Å². The zero-order valence-electron chi connectivity index (χ0n) is 25.1. The van der Waals surface area contributed by atoms with E-state index in [1.54, 1.807) is 0 Å². The first-order valence-corrected chi connectivity index (χ1v) is 15.7. The van der Waals surface area contributed by atoms with E-state index >= 15 is 0 Å². The van der Waals surface area contributed by atoms with E-state index in [0.29, 0.717) is 0 Å². The summed E-state index contributed by atoms with van der Waals surface area (Å²) in [6.07, 6.45) is 8.92. The molecule has 2 aliphatic carbocycles. The lowest BCUT2D eigenvalue weighted by atomic mass is 9.74. The third-order valence-electron chi connectivity index (χ3n) is 10.1. The van der Waals surface area contributed by atoms with E-state index in [2.05, 4.69) is 135 Å². The minimum absolute atomic E-state index is 0.123. The van der Waals surface area contributed by atoms with Crippen LogP contribution in [0.1, 0.15) is 19.5 Å². The van der Waals surface area contributed by atoms with Crippen LogP contribution in [-0.4, -0.2) is 9.97 Å². The van der Waals surface area contributed by atoms with E-state index in [-0.39, 0.29) is 5.41 Å². The number of fused-ring (bicyclic) bond motifs is 14. The number of pyridine rings is 2. The van der Waals surface area contributed by atoms with Crippen molar-refractivity contribution in [3.8, 4) is 0 Å². The van der Waals surface area contributed by atoms with Crippen LogP contribution in [0.5, 0.6) is 0 Å². The molecule has 210 valence electrons. The van der Waals surface area contributed by atoms with E-state index in [1.165, 1.54) is 70.2 Å². The van der Waals surface area contributed by atoms with Crippen LogP contribution in [0, 0.1) is 5.41 Å². The van der Waals surface area contributed by atoms with Crippen LogP contribution >= 0.6 is 0 Å². The smallest absolute Gasteiger partial charge is 0.0978 e. The van der Waals surface area contributed by atoms with E-state index in [0.717, 1.165) is 27.5 Å². The molecule has 2 aliphatic rings. The lowest BCUT2D eigenvalue weighted by Gasteiger charge is -2.29. The number of rotatable bonds is 1. The van der Waals surface area contributed by atoms with Crippen molar-refractivity contribution < 1.29 is 0 Å². The highest BCUT2D eigenvalue weighted by molar-refractivity contribution is 6.26. The van der Waals surface area contributed by atoms with Crippen molar-refractivity contribution in [3.63, 3.8) is 0 Å². The Morgan fingerprint density at radius 2 is 1.07 bits per heavy atom. The third-order valence-corrected chi connectivity index (χ3v) is 10.1. The maximum absolute atomic E-state index is 5.38. The second-order valence-corrected chi connectivity index (χ2v) is 13.0. The van der Waals surface area contributed by atoms with Crippen molar-refractivity contribution in [2.75, 3.05) is 0 Å². The predicted molar refractivity (Wildman–Crippen MR) is 190 cm³/mol.